The van der Waals surface area contributed by atoms with Gasteiger partial charge in [-0.3, -0.25) is 0 Å². The topological polar surface area (TPSA) is 41.0 Å². The molecule has 0 amide bonds. The van der Waals surface area contributed by atoms with E-state index in [0.717, 1.165) is 12.3 Å². The summed E-state index contributed by atoms with van der Waals surface area (Å²) >= 11 is 0. The summed E-state index contributed by atoms with van der Waals surface area (Å²) in [6, 6.07) is 2.47. The van der Waals surface area contributed by atoms with E-state index in [0.29, 0.717) is 0 Å². The van der Waals surface area contributed by atoms with E-state index < -0.39 is 24.0 Å². The monoisotopic (exact) mass is 211 g/mol. The number of halogens is 3. The molecule has 6 heteroatoms. The number of alkyl halides is 3. The summed E-state index contributed by atoms with van der Waals surface area (Å²) in [5.74, 6) is 0. The number of hydrogen-bond donors (Lipinski definition) is 0. The molecule has 0 saturated heterocycles. The van der Waals surface area contributed by atoms with Crippen molar-refractivity contribution in [3.63, 3.8) is 0 Å². The molecule has 0 atom stereocenters. The molecule has 0 aliphatic rings. The van der Waals surface area contributed by atoms with Gasteiger partial charge in [0.2, 0.25) is 6.54 Å². The molecule has 3 nitrogen and oxygen atoms in total. The molecular formula is C9H4F3N3. The number of rotatable bonds is 1. The van der Waals surface area contributed by atoms with Gasteiger partial charge in [-0.1, -0.05) is 0 Å². The van der Waals surface area contributed by atoms with Gasteiger partial charge in [-0.15, -0.1) is 0 Å². The van der Waals surface area contributed by atoms with Crippen LogP contribution in [-0.4, -0.2) is 4.98 Å². The van der Waals surface area contributed by atoms with Crippen LogP contribution in [0.3, 0.4) is 0 Å². The predicted molar refractivity (Wildman–Crippen MR) is 44.3 cm³/mol. The van der Waals surface area contributed by atoms with Crippen molar-refractivity contribution in [2.45, 2.75) is 12.7 Å². The maximum atomic E-state index is 12.5. The van der Waals surface area contributed by atoms with E-state index in [9.17, 15) is 13.2 Å². The zero-order valence-electron chi connectivity index (χ0n) is 7.34. The van der Waals surface area contributed by atoms with Gasteiger partial charge in [0.25, 0.3) is 0 Å². The average molecular weight is 211 g/mol. The molecule has 76 valence electrons. The lowest BCUT2D eigenvalue weighted by Crippen LogP contribution is -2.12. The lowest BCUT2D eigenvalue weighted by Gasteiger charge is -2.09. The fourth-order valence-electron chi connectivity index (χ4n) is 1.12. The van der Waals surface area contributed by atoms with Gasteiger partial charge in [-0.05, 0) is 6.07 Å². The van der Waals surface area contributed by atoms with E-state index in [2.05, 4.69) is 9.83 Å². The van der Waals surface area contributed by atoms with E-state index in [-0.39, 0.29) is 5.56 Å². The summed E-state index contributed by atoms with van der Waals surface area (Å²) < 4.78 is 37.6. The quantitative estimate of drug-likeness (QED) is 0.669. The van der Waals surface area contributed by atoms with Gasteiger partial charge in [-0.25, -0.2) is 11.6 Å². The minimum Gasteiger partial charge on any atom is -0.312 e. The smallest absolute Gasteiger partial charge is 0.312 e. The third kappa shape index (κ3) is 2.23. The van der Waals surface area contributed by atoms with Crippen LogP contribution in [0.4, 0.5) is 13.2 Å². The normalized spacial score (nSPS) is 10.5. The number of nitriles is 1. The highest BCUT2D eigenvalue weighted by Crippen LogP contribution is 2.33. The Kier molecular flexibility index (Phi) is 2.91. The van der Waals surface area contributed by atoms with Crippen LogP contribution < -0.4 is 0 Å². The zero-order chi connectivity index (χ0) is 11.5. The lowest BCUT2D eigenvalue weighted by atomic mass is 10.1. The Balaban J connectivity index is 3.44. The molecule has 15 heavy (non-hydrogen) atoms. The first kappa shape index (κ1) is 11.0. The van der Waals surface area contributed by atoms with Crippen LogP contribution in [-0.2, 0) is 12.7 Å². The number of pyridine rings is 1. The Hall–Kier alpha value is -2.08. The summed E-state index contributed by atoms with van der Waals surface area (Å²) in [7, 11) is 0. The van der Waals surface area contributed by atoms with Gasteiger partial charge in [0, 0.05) is 11.8 Å². The molecule has 1 rings (SSSR count). The van der Waals surface area contributed by atoms with Crippen molar-refractivity contribution < 1.29 is 13.2 Å². The second kappa shape index (κ2) is 3.97. The van der Waals surface area contributed by atoms with Crippen LogP contribution in [0, 0.1) is 17.9 Å². The number of hydrogen-bond acceptors (Lipinski definition) is 2. The van der Waals surface area contributed by atoms with Crippen LogP contribution in [0.15, 0.2) is 12.3 Å². The third-order valence-electron chi connectivity index (χ3n) is 1.68. The van der Waals surface area contributed by atoms with Crippen molar-refractivity contribution in [1.82, 2.24) is 4.98 Å². The van der Waals surface area contributed by atoms with Crippen molar-refractivity contribution in [1.29, 1.82) is 5.26 Å². The van der Waals surface area contributed by atoms with Crippen molar-refractivity contribution in [2.24, 2.45) is 0 Å². The lowest BCUT2D eigenvalue weighted by molar-refractivity contribution is -0.138. The van der Waals surface area contributed by atoms with Crippen LogP contribution in [0.5, 0.6) is 0 Å². The van der Waals surface area contributed by atoms with E-state index in [1.165, 1.54) is 6.07 Å². The van der Waals surface area contributed by atoms with Gasteiger partial charge in [0.15, 0.2) is 5.69 Å². The molecule has 0 bridgehead atoms. The second-order valence-electron chi connectivity index (χ2n) is 2.62. The van der Waals surface area contributed by atoms with Crippen molar-refractivity contribution >= 4 is 0 Å². The second-order valence-corrected chi connectivity index (χ2v) is 2.62. The largest absolute Gasteiger partial charge is 0.419 e. The summed E-state index contributed by atoms with van der Waals surface area (Å²) in [6.07, 6.45) is -3.56. The van der Waals surface area contributed by atoms with Crippen molar-refractivity contribution in [3.05, 3.63) is 40.5 Å². The minimum atomic E-state index is -4.65. The van der Waals surface area contributed by atoms with E-state index in [4.69, 9.17) is 11.8 Å². The molecule has 1 aromatic heterocycles. The maximum Gasteiger partial charge on any atom is 0.419 e. The summed E-state index contributed by atoms with van der Waals surface area (Å²) in [6.45, 7) is 6.11. The van der Waals surface area contributed by atoms with Gasteiger partial charge in [-0.2, -0.15) is 18.4 Å². The van der Waals surface area contributed by atoms with Gasteiger partial charge < -0.3 is 4.85 Å². The van der Waals surface area contributed by atoms with Gasteiger partial charge in [0.05, 0.1) is 0 Å². The average Bonchev–Trinajstić information content (AvgIpc) is 2.16. The summed E-state index contributed by atoms with van der Waals surface area (Å²) in [5, 5.41) is 8.48. The third-order valence-corrected chi connectivity index (χ3v) is 1.68. The molecule has 1 heterocycles. The Morgan fingerprint density at radius 2 is 2.20 bits per heavy atom. The van der Waals surface area contributed by atoms with E-state index >= 15 is 0 Å². The van der Waals surface area contributed by atoms with E-state index in [1.807, 2.05) is 0 Å². The fourth-order valence-corrected chi connectivity index (χ4v) is 1.12. The van der Waals surface area contributed by atoms with Gasteiger partial charge >= 0.3 is 6.18 Å². The fraction of sp³-hybridized carbons (Fsp3) is 0.222. The minimum absolute atomic E-state index is 0.218. The highest BCUT2D eigenvalue weighted by Gasteiger charge is 2.37. The molecule has 0 aromatic carbocycles. The highest BCUT2D eigenvalue weighted by molar-refractivity contribution is 5.40. The molecule has 0 N–H and O–H groups in total. The van der Waals surface area contributed by atoms with Crippen molar-refractivity contribution in [2.75, 3.05) is 0 Å². The molecule has 0 spiro atoms. The SMILES string of the molecule is [C-]#[N+]Cc1ccnc(C#N)c1C(F)(F)F. The van der Waals surface area contributed by atoms with Crippen LogP contribution >= 0.6 is 0 Å². The zero-order valence-corrected chi connectivity index (χ0v) is 7.34. The van der Waals surface area contributed by atoms with Crippen LogP contribution in [0.1, 0.15) is 16.8 Å². The molecule has 0 aliphatic heterocycles. The Morgan fingerprint density at radius 3 is 2.67 bits per heavy atom. The summed E-state index contributed by atoms with van der Waals surface area (Å²) in [4.78, 5) is 6.19. The molecule has 1 aromatic rings. The maximum absolute atomic E-state index is 12.5. The molecule has 0 aliphatic carbocycles. The molecule has 0 saturated carbocycles. The predicted octanol–water partition coefficient (Wildman–Crippen LogP) is 2.39. The standard InChI is InChI=1S/C9H4F3N3/c1-14-5-6-2-3-15-7(4-13)8(6)9(10,11)12/h2-3H,5H2. The number of aromatic nitrogens is 1. The molecular weight excluding hydrogens is 207 g/mol. The first-order valence-electron chi connectivity index (χ1n) is 3.79. The number of nitrogens with zero attached hydrogens (tertiary/aromatic N) is 3. The Morgan fingerprint density at radius 1 is 1.53 bits per heavy atom. The molecule has 0 radical (unpaired) electrons. The highest BCUT2D eigenvalue weighted by atomic mass is 19.4. The van der Waals surface area contributed by atoms with Crippen molar-refractivity contribution in [3.8, 4) is 6.07 Å². The Labute approximate surface area is 83.6 Å². The van der Waals surface area contributed by atoms with Crippen LogP contribution in [0.2, 0.25) is 0 Å². The molecule has 0 fully saturated rings. The summed E-state index contributed by atoms with van der Waals surface area (Å²) in [5.41, 5.74) is -2.02. The first-order chi connectivity index (χ1) is 7.00. The first-order valence-corrected chi connectivity index (χ1v) is 3.79. The van der Waals surface area contributed by atoms with E-state index in [1.54, 1.807) is 0 Å². The van der Waals surface area contributed by atoms with Crippen LogP contribution in [0.25, 0.3) is 4.85 Å². The molecule has 0 unspecified atom stereocenters. The van der Waals surface area contributed by atoms with Gasteiger partial charge in [0.1, 0.15) is 11.6 Å². The Bertz CT molecular complexity index is 451.